The molecule has 3 nitrogen and oxygen atoms in total. The summed E-state index contributed by atoms with van der Waals surface area (Å²) in [4.78, 5) is 0. The standard InChI is InChI=1S/C10H12Cl2O3S/c1-7(2)15-16(13,14)6-8-3-9(11)5-10(12)4-8/h3-5,7H,6H2,1-2H3. The molecule has 0 heterocycles. The molecule has 0 fully saturated rings. The van der Waals surface area contributed by atoms with Gasteiger partial charge in [0.1, 0.15) is 5.75 Å². The van der Waals surface area contributed by atoms with Crippen molar-refractivity contribution in [1.29, 1.82) is 0 Å². The third-order valence-corrected chi connectivity index (χ3v) is 3.41. The van der Waals surface area contributed by atoms with E-state index in [9.17, 15) is 8.42 Å². The second-order valence-electron chi connectivity index (χ2n) is 3.62. The van der Waals surface area contributed by atoms with Crippen LogP contribution in [-0.4, -0.2) is 14.5 Å². The van der Waals surface area contributed by atoms with Crippen molar-refractivity contribution in [3.8, 4) is 0 Å². The number of benzene rings is 1. The van der Waals surface area contributed by atoms with Crippen molar-refractivity contribution in [2.75, 3.05) is 0 Å². The highest BCUT2D eigenvalue weighted by Crippen LogP contribution is 2.21. The Morgan fingerprint density at radius 2 is 1.69 bits per heavy atom. The van der Waals surface area contributed by atoms with Gasteiger partial charge >= 0.3 is 0 Å². The molecular formula is C10H12Cl2O3S. The highest BCUT2D eigenvalue weighted by molar-refractivity contribution is 7.85. The predicted octanol–water partition coefficient (Wildman–Crippen LogP) is 3.25. The molecule has 90 valence electrons. The minimum Gasteiger partial charge on any atom is -0.267 e. The Labute approximate surface area is 105 Å². The van der Waals surface area contributed by atoms with E-state index in [-0.39, 0.29) is 11.9 Å². The van der Waals surface area contributed by atoms with Gasteiger partial charge in [-0.2, -0.15) is 8.42 Å². The third-order valence-electron chi connectivity index (χ3n) is 1.60. The molecule has 6 heteroatoms. The summed E-state index contributed by atoms with van der Waals surface area (Å²) < 4.78 is 27.9. The van der Waals surface area contributed by atoms with Crippen LogP contribution in [0.3, 0.4) is 0 Å². The van der Waals surface area contributed by atoms with Crippen LogP contribution < -0.4 is 0 Å². The fourth-order valence-electron chi connectivity index (χ4n) is 1.23. The van der Waals surface area contributed by atoms with E-state index in [0.717, 1.165) is 0 Å². The van der Waals surface area contributed by atoms with Gasteiger partial charge in [-0.15, -0.1) is 0 Å². The molecule has 0 aliphatic rings. The molecule has 0 radical (unpaired) electrons. The minimum absolute atomic E-state index is 0.231. The molecule has 0 aliphatic carbocycles. The quantitative estimate of drug-likeness (QED) is 0.797. The van der Waals surface area contributed by atoms with Crippen molar-refractivity contribution in [2.45, 2.75) is 25.7 Å². The maximum atomic E-state index is 11.5. The molecule has 1 aromatic carbocycles. The number of halogens is 2. The van der Waals surface area contributed by atoms with Crippen molar-refractivity contribution < 1.29 is 12.6 Å². The Bertz CT molecular complexity index is 449. The van der Waals surface area contributed by atoms with Gasteiger partial charge in [-0.1, -0.05) is 23.2 Å². The third kappa shape index (κ3) is 4.70. The molecule has 1 aromatic rings. The summed E-state index contributed by atoms with van der Waals surface area (Å²) in [5.41, 5.74) is 0.512. The summed E-state index contributed by atoms with van der Waals surface area (Å²) >= 11 is 11.5. The van der Waals surface area contributed by atoms with Crippen LogP contribution in [0.15, 0.2) is 18.2 Å². The summed E-state index contributed by atoms with van der Waals surface area (Å²) in [6.07, 6.45) is -0.375. The van der Waals surface area contributed by atoms with E-state index < -0.39 is 10.1 Å². The molecule has 16 heavy (non-hydrogen) atoms. The van der Waals surface area contributed by atoms with Crippen LogP contribution in [0.25, 0.3) is 0 Å². The zero-order valence-corrected chi connectivity index (χ0v) is 11.2. The first-order valence-corrected chi connectivity index (χ1v) is 6.98. The lowest BCUT2D eigenvalue weighted by molar-refractivity contribution is 0.248. The van der Waals surface area contributed by atoms with Gasteiger partial charge in [0, 0.05) is 10.0 Å². The van der Waals surface area contributed by atoms with Crippen molar-refractivity contribution in [2.24, 2.45) is 0 Å². The maximum Gasteiger partial charge on any atom is 0.271 e. The van der Waals surface area contributed by atoms with Crippen LogP contribution in [-0.2, 0) is 20.1 Å². The zero-order chi connectivity index (χ0) is 12.3. The Morgan fingerprint density at radius 1 is 1.19 bits per heavy atom. The van der Waals surface area contributed by atoms with Crippen molar-refractivity contribution in [1.82, 2.24) is 0 Å². The van der Waals surface area contributed by atoms with E-state index in [1.807, 2.05) is 0 Å². The van der Waals surface area contributed by atoms with Crippen molar-refractivity contribution in [3.63, 3.8) is 0 Å². The SMILES string of the molecule is CC(C)OS(=O)(=O)Cc1cc(Cl)cc(Cl)c1. The lowest BCUT2D eigenvalue weighted by Crippen LogP contribution is -2.14. The molecular weight excluding hydrogens is 271 g/mol. The first kappa shape index (κ1) is 13.8. The molecule has 0 unspecified atom stereocenters. The largest absolute Gasteiger partial charge is 0.271 e. The van der Waals surface area contributed by atoms with E-state index >= 15 is 0 Å². The van der Waals surface area contributed by atoms with Gasteiger partial charge < -0.3 is 0 Å². The molecule has 1 rings (SSSR count). The molecule has 0 saturated carbocycles. The Morgan fingerprint density at radius 3 is 2.12 bits per heavy atom. The van der Waals surface area contributed by atoms with Crippen LogP contribution in [0.2, 0.25) is 10.0 Å². The van der Waals surface area contributed by atoms with Crippen LogP contribution in [0, 0.1) is 0 Å². The van der Waals surface area contributed by atoms with Gasteiger partial charge in [-0.25, -0.2) is 0 Å². The Hall–Kier alpha value is -0.290. The average Bonchev–Trinajstić information content (AvgIpc) is 1.95. The molecule has 0 bridgehead atoms. The second kappa shape index (κ2) is 5.36. The fourth-order valence-corrected chi connectivity index (χ4v) is 3.03. The summed E-state index contributed by atoms with van der Waals surface area (Å²) in [6, 6.07) is 4.64. The monoisotopic (exact) mass is 282 g/mol. The fraction of sp³-hybridized carbons (Fsp3) is 0.400. The van der Waals surface area contributed by atoms with Gasteiger partial charge in [0.2, 0.25) is 0 Å². The van der Waals surface area contributed by atoms with Gasteiger partial charge in [-0.05, 0) is 37.6 Å². The average molecular weight is 283 g/mol. The lowest BCUT2D eigenvalue weighted by Gasteiger charge is -2.08. The summed E-state index contributed by atoms with van der Waals surface area (Å²) in [5.74, 6) is -0.231. The smallest absolute Gasteiger partial charge is 0.267 e. The van der Waals surface area contributed by atoms with E-state index in [0.29, 0.717) is 15.6 Å². The highest BCUT2D eigenvalue weighted by Gasteiger charge is 2.15. The number of hydrogen-bond acceptors (Lipinski definition) is 3. The highest BCUT2D eigenvalue weighted by atomic mass is 35.5. The summed E-state index contributed by atoms with van der Waals surface area (Å²) in [6.45, 7) is 3.31. The van der Waals surface area contributed by atoms with Gasteiger partial charge in [0.25, 0.3) is 10.1 Å². The summed E-state index contributed by atoms with van der Waals surface area (Å²) in [7, 11) is -3.58. The van der Waals surface area contributed by atoms with Crippen LogP contribution in [0.5, 0.6) is 0 Å². The molecule has 0 spiro atoms. The maximum absolute atomic E-state index is 11.5. The van der Waals surface area contributed by atoms with Crippen molar-refractivity contribution >= 4 is 33.3 Å². The Balaban J connectivity index is 2.88. The number of rotatable bonds is 4. The van der Waals surface area contributed by atoms with E-state index in [4.69, 9.17) is 27.4 Å². The normalized spacial score (nSPS) is 12.1. The zero-order valence-electron chi connectivity index (χ0n) is 8.91. The van der Waals surface area contributed by atoms with Crippen molar-refractivity contribution in [3.05, 3.63) is 33.8 Å². The van der Waals surface area contributed by atoms with Gasteiger partial charge in [0.15, 0.2) is 0 Å². The first-order valence-electron chi connectivity index (χ1n) is 4.64. The van der Waals surface area contributed by atoms with E-state index in [1.54, 1.807) is 32.0 Å². The molecule has 0 aliphatic heterocycles. The predicted molar refractivity (Wildman–Crippen MR) is 65.3 cm³/mol. The van der Waals surface area contributed by atoms with E-state index in [2.05, 4.69) is 0 Å². The number of hydrogen-bond donors (Lipinski definition) is 0. The first-order chi connectivity index (χ1) is 7.28. The van der Waals surface area contributed by atoms with Crippen LogP contribution >= 0.6 is 23.2 Å². The lowest BCUT2D eigenvalue weighted by atomic mass is 10.2. The topological polar surface area (TPSA) is 43.4 Å². The van der Waals surface area contributed by atoms with E-state index in [1.165, 1.54) is 0 Å². The molecule has 0 N–H and O–H groups in total. The molecule has 0 saturated heterocycles. The Kier molecular flexibility index (Phi) is 4.62. The van der Waals surface area contributed by atoms with Crippen LogP contribution in [0.1, 0.15) is 19.4 Å². The molecule has 0 atom stereocenters. The van der Waals surface area contributed by atoms with Gasteiger partial charge in [0.05, 0.1) is 6.10 Å². The summed E-state index contributed by atoms with van der Waals surface area (Å²) in [5, 5.41) is 0.810. The molecule has 0 aromatic heterocycles. The second-order valence-corrected chi connectivity index (χ2v) is 6.09. The van der Waals surface area contributed by atoms with Gasteiger partial charge in [-0.3, -0.25) is 4.18 Å². The van der Waals surface area contributed by atoms with Crippen LogP contribution in [0.4, 0.5) is 0 Å². The minimum atomic E-state index is -3.58. The molecule has 0 amide bonds.